The van der Waals surface area contributed by atoms with Crippen molar-refractivity contribution in [1.82, 2.24) is 4.57 Å². The van der Waals surface area contributed by atoms with Crippen LogP contribution in [0.5, 0.6) is 0 Å². The Morgan fingerprint density at radius 2 is 2.12 bits per heavy atom. The number of ether oxygens (including phenoxy) is 1. The number of nitrogens with zero attached hydrogens (tertiary/aromatic N) is 1. The third-order valence-electron chi connectivity index (χ3n) is 2.54. The highest BCUT2D eigenvalue weighted by molar-refractivity contribution is 6.17. The first-order valence-electron chi connectivity index (χ1n) is 5.39. The van der Waals surface area contributed by atoms with Gasteiger partial charge in [0, 0.05) is 24.9 Å². The quantitative estimate of drug-likeness (QED) is 0.744. The summed E-state index contributed by atoms with van der Waals surface area (Å²) in [6.07, 6.45) is 0. The first-order valence-corrected chi connectivity index (χ1v) is 5.92. The van der Waals surface area contributed by atoms with Crippen LogP contribution in [0, 0.1) is 0 Å². The maximum Gasteiger partial charge on any atom is 0.255 e. The van der Waals surface area contributed by atoms with E-state index in [1.54, 1.807) is 11.7 Å². The van der Waals surface area contributed by atoms with Crippen LogP contribution < -0.4 is 5.56 Å². The maximum atomic E-state index is 12.1. The van der Waals surface area contributed by atoms with E-state index in [1.807, 2.05) is 12.1 Å². The Labute approximate surface area is 101 Å². The Hall–Kier alpha value is -0.800. The van der Waals surface area contributed by atoms with Gasteiger partial charge in [-0.2, -0.15) is 0 Å². The minimum Gasteiger partial charge on any atom is -0.383 e. The lowest BCUT2D eigenvalue weighted by Gasteiger charge is -2.16. The van der Waals surface area contributed by atoms with Gasteiger partial charge in [-0.1, -0.05) is 19.9 Å². The molecular formula is C12H18ClNO2. The molecule has 1 heterocycles. The van der Waals surface area contributed by atoms with E-state index in [0.717, 1.165) is 5.69 Å². The summed E-state index contributed by atoms with van der Waals surface area (Å²) in [4.78, 5) is 12.1. The fourth-order valence-electron chi connectivity index (χ4n) is 1.66. The first-order chi connectivity index (χ1) is 7.61. The van der Waals surface area contributed by atoms with Gasteiger partial charge in [0.25, 0.3) is 5.56 Å². The van der Waals surface area contributed by atoms with Crippen LogP contribution >= 0.6 is 11.6 Å². The van der Waals surface area contributed by atoms with E-state index in [1.165, 1.54) is 0 Å². The molecule has 0 aromatic carbocycles. The molecule has 0 unspecified atom stereocenters. The Bertz CT molecular complexity index is 398. The molecule has 90 valence electrons. The van der Waals surface area contributed by atoms with Crippen LogP contribution in [-0.2, 0) is 17.2 Å². The molecule has 0 saturated carbocycles. The number of hydrogen-bond acceptors (Lipinski definition) is 2. The van der Waals surface area contributed by atoms with Gasteiger partial charge in [-0.25, -0.2) is 0 Å². The number of pyridine rings is 1. The minimum atomic E-state index is -0.00162. The van der Waals surface area contributed by atoms with Crippen molar-refractivity contribution in [3.63, 3.8) is 0 Å². The highest BCUT2D eigenvalue weighted by atomic mass is 35.5. The summed E-state index contributed by atoms with van der Waals surface area (Å²) >= 11 is 5.73. The van der Waals surface area contributed by atoms with E-state index in [9.17, 15) is 4.79 Å². The smallest absolute Gasteiger partial charge is 0.255 e. The second-order valence-corrected chi connectivity index (χ2v) is 4.29. The number of methoxy groups -OCH3 is 1. The Kier molecular flexibility index (Phi) is 5.03. The van der Waals surface area contributed by atoms with Crippen LogP contribution in [-0.4, -0.2) is 18.3 Å². The van der Waals surface area contributed by atoms with Crippen molar-refractivity contribution in [3.05, 3.63) is 33.7 Å². The lowest BCUT2D eigenvalue weighted by Crippen LogP contribution is -2.28. The largest absolute Gasteiger partial charge is 0.383 e. The maximum absolute atomic E-state index is 12.1. The average molecular weight is 244 g/mol. The van der Waals surface area contributed by atoms with Crippen molar-refractivity contribution in [2.75, 3.05) is 13.7 Å². The summed E-state index contributed by atoms with van der Waals surface area (Å²) in [6.45, 7) is 5.25. The van der Waals surface area contributed by atoms with Gasteiger partial charge in [0.15, 0.2) is 0 Å². The summed E-state index contributed by atoms with van der Waals surface area (Å²) in [5.74, 6) is 0.568. The number of aromatic nitrogens is 1. The molecular weight excluding hydrogens is 226 g/mol. The fraction of sp³-hybridized carbons (Fsp3) is 0.583. The fourth-order valence-corrected chi connectivity index (χ4v) is 1.86. The van der Waals surface area contributed by atoms with Crippen LogP contribution in [0.15, 0.2) is 16.9 Å². The second-order valence-electron chi connectivity index (χ2n) is 4.02. The van der Waals surface area contributed by atoms with Crippen molar-refractivity contribution in [2.45, 2.75) is 32.2 Å². The molecule has 0 amide bonds. The summed E-state index contributed by atoms with van der Waals surface area (Å²) in [5.41, 5.74) is 1.66. The summed E-state index contributed by atoms with van der Waals surface area (Å²) in [5, 5.41) is 0. The van der Waals surface area contributed by atoms with E-state index in [2.05, 4.69) is 13.8 Å². The molecule has 0 aliphatic rings. The van der Waals surface area contributed by atoms with Gasteiger partial charge in [-0.3, -0.25) is 4.79 Å². The topological polar surface area (TPSA) is 31.2 Å². The van der Waals surface area contributed by atoms with Gasteiger partial charge in [0.1, 0.15) is 0 Å². The molecule has 16 heavy (non-hydrogen) atoms. The van der Waals surface area contributed by atoms with Crippen LogP contribution in [0.1, 0.15) is 31.0 Å². The van der Waals surface area contributed by atoms with Crippen LogP contribution in [0.3, 0.4) is 0 Å². The molecule has 1 aromatic rings. The van der Waals surface area contributed by atoms with Crippen molar-refractivity contribution < 1.29 is 4.74 Å². The summed E-state index contributed by atoms with van der Waals surface area (Å²) in [6, 6.07) is 3.79. The van der Waals surface area contributed by atoms with Crippen molar-refractivity contribution >= 4 is 11.6 Å². The molecule has 0 saturated heterocycles. The normalized spacial score (nSPS) is 11.1. The van der Waals surface area contributed by atoms with Crippen molar-refractivity contribution in [3.8, 4) is 0 Å². The third kappa shape index (κ3) is 2.86. The van der Waals surface area contributed by atoms with E-state index >= 15 is 0 Å². The Morgan fingerprint density at radius 1 is 1.44 bits per heavy atom. The van der Waals surface area contributed by atoms with E-state index in [0.29, 0.717) is 24.6 Å². The standard InChI is InChI=1S/C12H18ClNO2/c1-9(2)11-5-4-10(8-13)12(15)14(11)6-7-16-3/h4-5,9H,6-8H2,1-3H3. The number of halogens is 1. The highest BCUT2D eigenvalue weighted by Crippen LogP contribution is 2.13. The molecule has 0 aliphatic heterocycles. The van der Waals surface area contributed by atoms with Crippen molar-refractivity contribution in [2.24, 2.45) is 0 Å². The molecule has 1 aromatic heterocycles. The highest BCUT2D eigenvalue weighted by Gasteiger charge is 2.10. The lowest BCUT2D eigenvalue weighted by molar-refractivity contribution is 0.185. The zero-order chi connectivity index (χ0) is 12.1. The van der Waals surface area contributed by atoms with Crippen LogP contribution in [0.25, 0.3) is 0 Å². The van der Waals surface area contributed by atoms with Gasteiger partial charge in [-0.15, -0.1) is 11.6 Å². The Balaban J connectivity index is 3.20. The Morgan fingerprint density at radius 3 is 2.62 bits per heavy atom. The second kappa shape index (κ2) is 6.06. The molecule has 1 rings (SSSR count). The SMILES string of the molecule is COCCn1c(C(C)C)ccc(CCl)c1=O. The molecule has 0 N–H and O–H groups in total. The molecule has 0 radical (unpaired) electrons. The third-order valence-corrected chi connectivity index (χ3v) is 2.83. The number of alkyl halides is 1. The van der Waals surface area contributed by atoms with Gasteiger partial charge in [0.05, 0.1) is 12.5 Å². The zero-order valence-electron chi connectivity index (χ0n) is 10.00. The lowest BCUT2D eigenvalue weighted by atomic mass is 10.1. The van der Waals surface area contributed by atoms with E-state index < -0.39 is 0 Å². The first kappa shape index (κ1) is 13.3. The average Bonchev–Trinajstić information content (AvgIpc) is 2.26. The molecule has 0 atom stereocenters. The van der Waals surface area contributed by atoms with Gasteiger partial charge < -0.3 is 9.30 Å². The predicted molar refractivity (Wildman–Crippen MR) is 66.2 cm³/mol. The van der Waals surface area contributed by atoms with Crippen LogP contribution in [0.4, 0.5) is 0 Å². The summed E-state index contributed by atoms with van der Waals surface area (Å²) < 4.78 is 6.77. The molecule has 0 bridgehead atoms. The zero-order valence-corrected chi connectivity index (χ0v) is 10.8. The van der Waals surface area contributed by atoms with Gasteiger partial charge in [-0.05, 0) is 12.0 Å². The molecule has 0 aliphatic carbocycles. The summed E-state index contributed by atoms with van der Waals surface area (Å²) in [7, 11) is 1.63. The molecule has 4 heteroatoms. The number of rotatable bonds is 5. The molecule has 0 spiro atoms. The monoisotopic (exact) mass is 243 g/mol. The van der Waals surface area contributed by atoms with Gasteiger partial charge >= 0.3 is 0 Å². The minimum absolute atomic E-state index is 0.00162. The molecule has 0 fully saturated rings. The van der Waals surface area contributed by atoms with Crippen LogP contribution in [0.2, 0.25) is 0 Å². The predicted octanol–water partition coefficient (Wildman–Crippen LogP) is 2.36. The van der Waals surface area contributed by atoms with Crippen molar-refractivity contribution in [1.29, 1.82) is 0 Å². The van der Waals surface area contributed by atoms with Gasteiger partial charge in [0.2, 0.25) is 0 Å². The van der Waals surface area contributed by atoms with E-state index in [4.69, 9.17) is 16.3 Å². The molecule has 3 nitrogen and oxygen atoms in total. The number of hydrogen-bond donors (Lipinski definition) is 0. The van der Waals surface area contributed by atoms with E-state index in [-0.39, 0.29) is 11.4 Å².